The van der Waals surface area contributed by atoms with Gasteiger partial charge in [0.15, 0.2) is 11.6 Å². The van der Waals surface area contributed by atoms with Crippen LogP contribution < -0.4 is 9.47 Å². The Morgan fingerprint density at radius 1 is 0.854 bits per heavy atom. The molecule has 0 aliphatic carbocycles. The van der Waals surface area contributed by atoms with Gasteiger partial charge in [0.05, 0.1) is 6.10 Å². The van der Waals surface area contributed by atoms with Crippen molar-refractivity contribution in [3.63, 3.8) is 0 Å². The molecule has 12 heteroatoms. The summed E-state index contributed by atoms with van der Waals surface area (Å²) in [5.41, 5.74) is -1.69. The summed E-state index contributed by atoms with van der Waals surface area (Å²) in [5.74, 6) is -9.51. The molecule has 1 aliphatic heterocycles. The summed E-state index contributed by atoms with van der Waals surface area (Å²) in [5, 5.41) is 0. The fraction of sp³-hybridized carbons (Fsp3) is 0.517. The molecule has 1 heterocycles. The molecule has 3 nitrogen and oxygen atoms in total. The van der Waals surface area contributed by atoms with E-state index in [1.165, 1.54) is 25.7 Å². The third-order valence-corrected chi connectivity index (χ3v) is 6.89. The Morgan fingerprint density at radius 3 is 2.05 bits per heavy atom. The standard InChI is InChI=1S/C29H31F9O3/c1-2-3-4-5-6-7-17-8-10-19(39-16-17)11-9-18-12-21(30)25(22(31)13-18)29(37,38)41-20-14-23(32)26(24(33)15-20)40-28(36)27(34)35/h12-15,17,19H,2-11,16H2,1H3. The first-order chi connectivity index (χ1) is 19.4. The highest BCUT2D eigenvalue weighted by Gasteiger charge is 2.41. The number of rotatable bonds is 14. The lowest BCUT2D eigenvalue weighted by Gasteiger charge is -2.29. The molecule has 0 radical (unpaired) electrons. The lowest BCUT2D eigenvalue weighted by Crippen LogP contribution is -2.27. The predicted octanol–water partition coefficient (Wildman–Crippen LogP) is 9.87. The largest absolute Gasteiger partial charge is 0.432 e. The monoisotopic (exact) mass is 598 g/mol. The van der Waals surface area contributed by atoms with Crippen LogP contribution in [0.5, 0.6) is 11.5 Å². The molecule has 0 N–H and O–H groups in total. The third-order valence-electron chi connectivity index (χ3n) is 6.89. The Labute approximate surface area is 232 Å². The second kappa shape index (κ2) is 14.8. The maximum Gasteiger partial charge on any atom is 0.432 e. The Bertz CT molecular complexity index is 1140. The zero-order valence-electron chi connectivity index (χ0n) is 22.4. The number of halogens is 9. The molecule has 0 spiro atoms. The summed E-state index contributed by atoms with van der Waals surface area (Å²) >= 11 is 0. The molecule has 3 rings (SSSR count). The summed E-state index contributed by atoms with van der Waals surface area (Å²) in [7, 11) is 0. The van der Waals surface area contributed by atoms with E-state index in [0.717, 1.165) is 37.8 Å². The molecule has 2 atom stereocenters. The molecule has 41 heavy (non-hydrogen) atoms. The summed E-state index contributed by atoms with van der Waals surface area (Å²) in [6.07, 6.45) is 1.58. The average molecular weight is 599 g/mol. The van der Waals surface area contributed by atoms with E-state index >= 15 is 0 Å². The van der Waals surface area contributed by atoms with Gasteiger partial charge in [-0.15, -0.1) is 0 Å². The number of unbranched alkanes of at least 4 members (excludes halogenated alkanes) is 4. The summed E-state index contributed by atoms with van der Waals surface area (Å²) in [6, 6.07) is -1.06. The Kier molecular flexibility index (Phi) is 11.8. The lowest BCUT2D eigenvalue weighted by molar-refractivity contribution is -0.189. The minimum absolute atomic E-state index is 0.0567. The van der Waals surface area contributed by atoms with E-state index in [1.807, 2.05) is 0 Å². The van der Waals surface area contributed by atoms with E-state index < -0.39 is 58.5 Å². The van der Waals surface area contributed by atoms with E-state index in [4.69, 9.17) is 4.74 Å². The van der Waals surface area contributed by atoms with Crippen LogP contribution in [0.15, 0.2) is 36.4 Å². The van der Waals surface area contributed by atoms with Gasteiger partial charge < -0.3 is 14.2 Å². The fourth-order valence-electron chi connectivity index (χ4n) is 4.75. The number of aryl methyl sites for hydroxylation is 1. The Hall–Kier alpha value is -2.89. The molecule has 228 valence electrons. The van der Waals surface area contributed by atoms with Crippen molar-refractivity contribution in [3.8, 4) is 11.5 Å². The maximum atomic E-state index is 14.7. The van der Waals surface area contributed by atoms with Gasteiger partial charge in [0.25, 0.3) is 0 Å². The van der Waals surface area contributed by atoms with E-state index in [0.29, 0.717) is 18.9 Å². The van der Waals surface area contributed by atoms with Crippen molar-refractivity contribution in [1.29, 1.82) is 0 Å². The molecule has 2 aromatic carbocycles. The van der Waals surface area contributed by atoms with Crippen molar-refractivity contribution in [1.82, 2.24) is 0 Å². The van der Waals surface area contributed by atoms with Gasteiger partial charge in [0, 0.05) is 18.7 Å². The van der Waals surface area contributed by atoms with E-state index in [9.17, 15) is 39.5 Å². The summed E-state index contributed by atoms with van der Waals surface area (Å²) < 4.78 is 137. The molecule has 0 aromatic heterocycles. The number of benzene rings is 2. The highest BCUT2D eigenvalue weighted by Crippen LogP contribution is 2.38. The zero-order valence-corrected chi connectivity index (χ0v) is 22.4. The van der Waals surface area contributed by atoms with Crippen LogP contribution >= 0.6 is 0 Å². The molecule has 0 amide bonds. The first kappa shape index (κ1) is 32.6. The van der Waals surface area contributed by atoms with Crippen molar-refractivity contribution in [2.24, 2.45) is 5.92 Å². The Balaban J connectivity index is 1.59. The summed E-state index contributed by atoms with van der Waals surface area (Å²) in [4.78, 5) is 0. The number of alkyl halides is 2. The van der Waals surface area contributed by atoms with Crippen LogP contribution in [-0.2, 0) is 17.3 Å². The van der Waals surface area contributed by atoms with Gasteiger partial charge in [-0.2, -0.15) is 22.0 Å². The van der Waals surface area contributed by atoms with Crippen LogP contribution in [0.25, 0.3) is 0 Å². The fourth-order valence-corrected chi connectivity index (χ4v) is 4.75. The van der Waals surface area contributed by atoms with Crippen LogP contribution in [0.3, 0.4) is 0 Å². The molecule has 1 aliphatic rings. The number of ether oxygens (including phenoxy) is 3. The summed E-state index contributed by atoms with van der Waals surface area (Å²) in [6.45, 7) is 2.77. The molecule has 2 aromatic rings. The van der Waals surface area contributed by atoms with Crippen molar-refractivity contribution < 1.29 is 53.7 Å². The van der Waals surface area contributed by atoms with Crippen LogP contribution in [0.2, 0.25) is 0 Å². The van der Waals surface area contributed by atoms with E-state index in [2.05, 4.69) is 16.4 Å². The average Bonchev–Trinajstić information content (AvgIpc) is 2.89. The first-order valence-electron chi connectivity index (χ1n) is 13.5. The van der Waals surface area contributed by atoms with E-state index in [1.54, 1.807) is 0 Å². The van der Waals surface area contributed by atoms with Crippen LogP contribution in [0.1, 0.15) is 75.8 Å². The minimum Gasteiger partial charge on any atom is -0.429 e. The van der Waals surface area contributed by atoms with Gasteiger partial charge in [0.2, 0.25) is 5.75 Å². The maximum absolute atomic E-state index is 14.7. The normalized spacial score (nSPS) is 17.4. The molecule has 0 bridgehead atoms. The molecular weight excluding hydrogens is 567 g/mol. The highest BCUT2D eigenvalue weighted by atomic mass is 19.3. The predicted molar refractivity (Wildman–Crippen MR) is 132 cm³/mol. The zero-order chi connectivity index (χ0) is 30.2. The van der Waals surface area contributed by atoms with Gasteiger partial charge in [0.1, 0.15) is 22.9 Å². The first-order valence-corrected chi connectivity index (χ1v) is 13.5. The minimum atomic E-state index is -4.73. The van der Waals surface area contributed by atoms with Crippen molar-refractivity contribution in [2.45, 2.75) is 83.3 Å². The molecule has 2 unspecified atom stereocenters. The highest BCUT2D eigenvalue weighted by molar-refractivity contribution is 5.37. The SMILES string of the molecule is CCCCCCCC1CCC(CCc2cc(F)c(C(F)(F)Oc3cc(F)c(OC(F)=C(F)F)c(F)c3)c(F)c2)OC1. The smallest absolute Gasteiger partial charge is 0.429 e. The topological polar surface area (TPSA) is 27.7 Å². The van der Waals surface area contributed by atoms with E-state index in [-0.39, 0.29) is 30.2 Å². The second-order valence-corrected chi connectivity index (χ2v) is 10.0. The molecule has 1 saturated heterocycles. The van der Waals surface area contributed by atoms with Gasteiger partial charge in [-0.25, -0.2) is 17.6 Å². The van der Waals surface area contributed by atoms with Gasteiger partial charge >= 0.3 is 18.2 Å². The van der Waals surface area contributed by atoms with Crippen LogP contribution in [0, 0.1) is 29.2 Å². The molecular formula is C29H31F9O3. The molecule has 0 saturated carbocycles. The lowest BCUT2D eigenvalue weighted by atomic mass is 9.91. The van der Waals surface area contributed by atoms with Crippen molar-refractivity contribution >= 4 is 0 Å². The third kappa shape index (κ3) is 9.31. The van der Waals surface area contributed by atoms with Crippen LogP contribution in [-0.4, -0.2) is 12.7 Å². The van der Waals surface area contributed by atoms with Crippen molar-refractivity contribution in [3.05, 3.63) is 70.8 Å². The van der Waals surface area contributed by atoms with Gasteiger partial charge in [-0.05, 0) is 55.7 Å². The quantitative estimate of drug-likeness (QED) is 0.123. The molecule has 1 fully saturated rings. The van der Waals surface area contributed by atoms with Gasteiger partial charge in [-0.3, -0.25) is 0 Å². The van der Waals surface area contributed by atoms with Gasteiger partial charge in [-0.1, -0.05) is 39.0 Å². The van der Waals surface area contributed by atoms with Crippen molar-refractivity contribution in [2.75, 3.05) is 6.61 Å². The number of hydrogen-bond donors (Lipinski definition) is 0. The Morgan fingerprint density at radius 2 is 1.49 bits per heavy atom. The van der Waals surface area contributed by atoms with Crippen LogP contribution in [0.4, 0.5) is 39.5 Å². The number of hydrogen-bond acceptors (Lipinski definition) is 3. The second-order valence-electron chi connectivity index (χ2n) is 10.0.